The third-order valence-corrected chi connectivity index (χ3v) is 4.80. The summed E-state index contributed by atoms with van der Waals surface area (Å²) in [6.07, 6.45) is 4.92. The van der Waals surface area contributed by atoms with Gasteiger partial charge in [-0.25, -0.2) is 4.98 Å². The number of rotatable bonds is 4. The zero-order valence-electron chi connectivity index (χ0n) is 12.1. The Hall–Kier alpha value is -1.51. The SMILES string of the molecule is CCSC1CCCC1NC(=O)c1ncccc1C#CCO. The molecule has 21 heavy (non-hydrogen) atoms. The topological polar surface area (TPSA) is 62.2 Å². The van der Waals surface area contributed by atoms with Crippen molar-refractivity contribution in [3.63, 3.8) is 0 Å². The molecule has 0 aliphatic heterocycles. The van der Waals surface area contributed by atoms with E-state index in [1.807, 2.05) is 11.8 Å². The van der Waals surface area contributed by atoms with Crippen LogP contribution >= 0.6 is 11.8 Å². The summed E-state index contributed by atoms with van der Waals surface area (Å²) in [6, 6.07) is 3.70. The molecule has 1 amide bonds. The van der Waals surface area contributed by atoms with Gasteiger partial charge in [0.05, 0.1) is 5.56 Å². The molecule has 1 aliphatic carbocycles. The van der Waals surface area contributed by atoms with E-state index in [0.29, 0.717) is 16.5 Å². The molecule has 1 saturated carbocycles. The summed E-state index contributed by atoms with van der Waals surface area (Å²) in [4.78, 5) is 16.6. The second kappa shape index (κ2) is 8.06. The highest BCUT2D eigenvalue weighted by atomic mass is 32.2. The molecule has 1 aromatic rings. The van der Waals surface area contributed by atoms with E-state index in [2.05, 4.69) is 29.1 Å². The van der Waals surface area contributed by atoms with Crippen LogP contribution in [0, 0.1) is 11.8 Å². The average molecular weight is 304 g/mol. The molecule has 0 bridgehead atoms. The molecule has 4 nitrogen and oxygen atoms in total. The van der Waals surface area contributed by atoms with Gasteiger partial charge in [0.2, 0.25) is 0 Å². The number of aliphatic hydroxyl groups is 1. The van der Waals surface area contributed by atoms with E-state index in [1.165, 1.54) is 0 Å². The molecule has 5 heteroatoms. The Balaban J connectivity index is 2.10. The van der Waals surface area contributed by atoms with Crippen molar-refractivity contribution < 1.29 is 9.90 Å². The average Bonchev–Trinajstić information content (AvgIpc) is 2.93. The fraction of sp³-hybridized carbons (Fsp3) is 0.500. The number of nitrogens with one attached hydrogen (secondary N) is 1. The summed E-state index contributed by atoms with van der Waals surface area (Å²) >= 11 is 1.91. The Morgan fingerprint density at radius 1 is 1.57 bits per heavy atom. The first-order valence-electron chi connectivity index (χ1n) is 7.23. The molecule has 0 saturated heterocycles. The number of aromatic nitrogens is 1. The standard InChI is InChI=1S/C16H20N2O2S/c1-2-21-14-9-3-8-13(14)18-16(20)15-12(7-5-11-19)6-4-10-17-15/h4,6,10,13-14,19H,2-3,8-9,11H2,1H3,(H,18,20). The molecule has 1 heterocycles. The Labute approximate surface area is 129 Å². The van der Waals surface area contributed by atoms with E-state index in [-0.39, 0.29) is 18.6 Å². The van der Waals surface area contributed by atoms with Gasteiger partial charge >= 0.3 is 0 Å². The summed E-state index contributed by atoms with van der Waals surface area (Å²) in [6.45, 7) is 1.91. The first kappa shape index (κ1) is 15.9. The van der Waals surface area contributed by atoms with E-state index in [0.717, 1.165) is 25.0 Å². The minimum Gasteiger partial charge on any atom is -0.384 e. The van der Waals surface area contributed by atoms with Crippen molar-refractivity contribution in [3.8, 4) is 11.8 Å². The fourth-order valence-corrected chi connectivity index (χ4v) is 3.76. The van der Waals surface area contributed by atoms with Crippen LogP contribution in [-0.4, -0.2) is 39.6 Å². The molecule has 1 aromatic heterocycles. The van der Waals surface area contributed by atoms with Crippen molar-refractivity contribution in [2.75, 3.05) is 12.4 Å². The van der Waals surface area contributed by atoms with Crippen LogP contribution in [0.3, 0.4) is 0 Å². The van der Waals surface area contributed by atoms with Crippen LogP contribution in [0.4, 0.5) is 0 Å². The Morgan fingerprint density at radius 3 is 3.19 bits per heavy atom. The van der Waals surface area contributed by atoms with Crippen LogP contribution in [0.15, 0.2) is 18.3 Å². The van der Waals surface area contributed by atoms with Gasteiger partial charge in [-0.3, -0.25) is 4.79 Å². The van der Waals surface area contributed by atoms with Gasteiger partial charge in [0.15, 0.2) is 0 Å². The predicted molar refractivity (Wildman–Crippen MR) is 85.2 cm³/mol. The summed E-state index contributed by atoms with van der Waals surface area (Å²) in [5.41, 5.74) is 0.896. The van der Waals surface area contributed by atoms with E-state index in [1.54, 1.807) is 18.3 Å². The fourth-order valence-electron chi connectivity index (χ4n) is 2.56. The Bertz CT molecular complexity index is 551. The molecule has 2 unspecified atom stereocenters. The van der Waals surface area contributed by atoms with Crippen LogP contribution in [-0.2, 0) is 0 Å². The number of nitrogens with zero attached hydrogens (tertiary/aromatic N) is 1. The second-order valence-electron chi connectivity index (χ2n) is 4.86. The molecule has 112 valence electrons. The third kappa shape index (κ3) is 4.23. The van der Waals surface area contributed by atoms with Gasteiger partial charge in [-0.2, -0.15) is 11.8 Å². The summed E-state index contributed by atoms with van der Waals surface area (Å²) in [5.74, 6) is 6.23. The van der Waals surface area contributed by atoms with Gasteiger partial charge in [0.1, 0.15) is 12.3 Å². The highest BCUT2D eigenvalue weighted by molar-refractivity contribution is 7.99. The van der Waals surface area contributed by atoms with Gasteiger partial charge in [-0.15, -0.1) is 0 Å². The van der Waals surface area contributed by atoms with Gasteiger partial charge in [-0.05, 0) is 30.7 Å². The van der Waals surface area contributed by atoms with Crippen LogP contribution < -0.4 is 5.32 Å². The summed E-state index contributed by atoms with van der Waals surface area (Å²) in [5, 5.41) is 12.4. The lowest BCUT2D eigenvalue weighted by Crippen LogP contribution is -2.39. The van der Waals surface area contributed by atoms with Gasteiger partial charge in [-0.1, -0.05) is 25.2 Å². The number of thioether (sulfide) groups is 1. The van der Waals surface area contributed by atoms with Crippen LogP contribution in [0.5, 0.6) is 0 Å². The van der Waals surface area contributed by atoms with Gasteiger partial charge in [0.25, 0.3) is 5.91 Å². The largest absolute Gasteiger partial charge is 0.384 e. The van der Waals surface area contributed by atoms with Crippen molar-refractivity contribution in [1.29, 1.82) is 0 Å². The highest BCUT2D eigenvalue weighted by Crippen LogP contribution is 2.30. The number of pyridine rings is 1. The lowest BCUT2D eigenvalue weighted by Gasteiger charge is -2.20. The number of amides is 1. The maximum atomic E-state index is 12.4. The van der Waals surface area contributed by atoms with Crippen molar-refractivity contribution in [2.24, 2.45) is 0 Å². The van der Waals surface area contributed by atoms with Gasteiger partial charge < -0.3 is 10.4 Å². The Kier molecular flexibility index (Phi) is 6.09. The number of carbonyl (C=O) groups excluding carboxylic acids is 1. The molecule has 0 radical (unpaired) electrons. The third-order valence-electron chi connectivity index (χ3n) is 3.47. The maximum absolute atomic E-state index is 12.4. The number of carbonyl (C=O) groups is 1. The van der Waals surface area contributed by atoms with Crippen molar-refractivity contribution in [1.82, 2.24) is 10.3 Å². The molecule has 2 atom stereocenters. The quantitative estimate of drug-likeness (QED) is 0.833. The zero-order chi connectivity index (χ0) is 15.1. The molecular weight excluding hydrogens is 284 g/mol. The lowest BCUT2D eigenvalue weighted by atomic mass is 10.1. The maximum Gasteiger partial charge on any atom is 0.271 e. The molecule has 0 spiro atoms. The monoisotopic (exact) mass is 304 g/mol. The van der Waals surface area contributed by atoms with Crippen molar-refractivity contribution in [2.45, 2.75) is 37.5 Å². The number of hydrogen-bond donors (Lipinski definition) is 2. The first-order chi connectivity index (χ1) is 10.3. The molecule has 0 aromatic carbocycles. The zero-order valence-corrected chi connectivity index (χ0v) is 12.9. The second-order valence-corrected chi connectivity index (χ2v) is 6.38. The normalized spacial score (nSPS) is 20.7. The van der Waals surface area contributed by atoms with Crippen LogP contribution in [0.25, 0.3) is 0 Å². The first-order valence-corrected chi connectivity index (χ1v) is 8.28. The molecule has 1 aliphatic rings. The number of hydrogen-bond acceptors (Lipinski definition) is 4. The summed E-state index contributed by atoms with van der Waals surface area (Å²) in [7, 11) is 0. The molecule has 2 rings (SSSR count). The van der Waals surface area contributed by atoms with Gasteiger partial charge in [0, 0.05) is 17.5 Å². The smallest absolute Gasteiger partial charge is 0.271 e. The van der Waals surface area contributed by atoms with Crippen LogP contribution in [0.1, 0.15) is 42.2 Å². The minimum atomic E-state index is -0.228. The van der Waals surface area contributed by atoms with Crippen LogP contribution in [0.2, 0.25) is 0 Å². The van der Waals surface area contributed by atoms with E-state index >= 15 is 0 Å². The van der Waals surface area contributed by atoms with E-state index in [9.17, 15) is 4.79 Å². The van der Waals surface area contributed by atoms with Crippen molar-refractivity contribution >= 4 is 17.7 Å². The predicted octanol–water partition coefficient (Wildman–Crippen LogP) is 1.83. The summed E-state index contributed by atoms with van der Waals surface area (Å²) < 4.78 is 0. The van der Waals surface area contributed by atoms with E-state index in [4.69, 9.17) is 5.11 Å². The Morgan fingerprint density at radius 2 is 2.43 bits per heavy atom. The number of aliphatic hydroxyl groups excluding tert-OH is 1. The lowest BCUT2D eigenvalue weighted by molar-refractivity contribution is 0.0933. The minimum absolute atomic E-state index is 0.175. The molecular formula is C16H20N2O2S. The van der Waals surface area contributed by atoms with E-state index < -0.39 is 0 Å². The van der Waals surface area contributed by atoms with Crippen molar-refractivity contribution in [3.05, 3.63) is 29.6 Å². The molecule has 2 N–H and O–H groups in total. The highest BCUT2D eigenvalue weighted by Gasteiger charge is 2.29. The molecule has 1 fully saturated rings.